The van der Waals surface area contributed by atoms with Crippen molar-refractivity contribution < 1.29 is 23.3 Å². The van der Waals surface area contributed by atoms with Gasteiger partial charge in [0, 0.05) is 17.6 Å². The zero-order valence-electron chi connectivity index (χ0n) is 12.1. The van der Waals surface area contributed by atoms with E-state index in [0.29, 0.717) is 4.90 Å². The van der Waals surface area contributed by atoms with Gasteiger partial charge in [0.05, 0.1) is 10.8 Å². The minimum atomic E-state index is -1.29. The van der Waals surface area contributed by atoms with Crippen molar-refractivity contribution in [3.05, 3.63) is 30.3 Å². The lowest BCUT2D eigenvalue weighted by Gasteiger charge is -2.15. The first-order chi connectivity index (χ1) is 10.4. The Kier molecular flexibility index (Phi) is 7.24. The molecule has 2 amide bonds. The Labute approximate surface area is 130 Å². The summed E-state index contributed by atoms with van der Waals surface area (Å²) in [5.41, 5.74) is 5.21. The van der Waals surface area contributed by atoms with Gasteiger partial charge in [0.15, 0.2) is 6.61 Å². The van der Waals surface area contributed by atoms with Crippen molar-refractivity contribution >= 4 is 28.6 Å². The van der Waals surface area contributed by atoms with Gasteiger partial charge < -0.3 is 15.8 Å². The molecule has 0 aliphatic carbocycles. The first-order valence-corrected chi connectivity index (χ1v) is 7.87. The molecule has 0 aliphatic heterocycles. The van der Waals surface area contributed by atoms with Gasteiger partial charge in [-0.1, -0.05) is 18.2 Å². The van der Waals surface area contributed by atoms with Crippen LogP contribution >= 0.6 is 0 Å². The van der Waals surface area contributed by atoms with E-state index < -0.39 is 41.2 Å². The second kappa shape index (κ2) is 8.93. The molecule has 0 fully saturated rings. The van der Waals surface area contributed by atoms with Crippen molar-refractivity contribution in [2.24, 2.45) is 5.73 Å². The first kappa shape index (κ1) is 17.8. The summed E-state index contributed by atoms with van der Waals surface area (Å²) in [5, 5.41) is 2.35. The third-order valence-electron chi connectivity index (χ3n) is 2.68. The number of hydrogen-bond donors (Lipinski definition) is 2. The molecule has 0 spiro atoms. The van der Waals surface area contributed by atoms with Crippen LogP contribution in [0.1, 0.15) is 13.3 Å². The molecule has 0 unspecified atom stereocenters. The summed E-state index contributed by atoms with van der Waals surface area (Å²) in [5.74, 6) is -1.80. The van der Waals surface area contributed by atoms with E-state index in [-0.39, 0.29) is 12.2 Å². The van der Waals surface area contributed by atoms with E-state index in [1.807, 2.05) is 6.07 Å². The highest BCUT2D eigenvalue weighted by Crippen LogP contribution is 2.07. The molecule has 1 aromatic carbocycles. The average molecular weight is 326 g/mol. The van der Waals surface area contributed by atoms with E-state index >= 15 is 0 Å². The number of hydrogen-bond acceptors (Lipinski definition) is 5. The largest absolute Gasteiger partial charge is 0.456 e. The minimum Gasteiger partial charge on any atom is -0.456 e. The standard InChI is InChI=1S/C14H18N2O5S/c1-10(17)21-9-13(18)16-12(14(15)19)7-8-22(20)11-5-3-2-4-6-11/h2-6,12H,7-9H2,1H3,(H2,15,19)(H,16,18)/t12-,22-/m1/s1. The molecule has 0 aromatic heterocycles. The molecule has 0 heterocycles. The van der Waals surface area contributed by atoms with Crippen LogP contribution in [0, 0.1) is 0 Å². The molecule has 22 heavy (non-hydrogen) atoms. The van der Waals surface area contributed by atoms with Gasteiger partial charge >= 0.3 is 5.97 Å². The van der Waals surface area contributed by atoms with Crippen LogP contribution in [0.4, 0.5) is 0 Å². The summed E-state index contributed by atoms with van der Waals surface area (Å²) in [6, 6.07) is 7.81. The van der Waals surface area contributed by atoms with Crippen LogP contribution in [-0.4, -0.2) is 40.4 Å². The quantitative estimate of drug-likeness (QED) is 0.637. The predicted molar refractivity (Wildman–Crippen MR) is 80.1 cm³/mol. The monoisotopic (exact) mass is 326 g/mol. The van der Waals surface area contributed by atoms with E-state index in [0.717, 1.165) is 0 Å². The maximum Gasteiger partial charge on any atom is 0.303 e. The van der Waals surface area contributed by atoms with Gasteiger partial charge in [0.25, 0.3) is 5.91 Å². The van der Waals surface area contributed by atoms with Crippen molar-refractivity contribution in [3.63, 3.8) is 0 Å². The molecule has 8 heteroatoms. The fourth-order valence-corrected chi connectivity index (χ4v) is 2.75. The zero-order chi connectivity index (χ0) is 16.5. The molecule has 0 bridgehead atoms. The Morgan fingerprint density at radius 2 is 1.91 bits per heavy atom. The van der Waals surface area contributed by atoms with Crippen molar-refractivity contribution in [3.8, 4) is 0 Å². The average Bonchev–Trinajstić information content (AvgIpc) is 2.49. The number of ether oxygens (including phenoxy) is 1. The number of amides is 2. The van der Waals surface area contributed by atoms with E-state index in [1.54, 1.807) is 24.3 Å². The number of carbonyl (C=O) groups is 3. The molecule has 120 valence electrons. The van der Waals surface area contributed by atoms with E-state index in [1.165, 1.54) is 6.92 Å². The van der Waals surface area contributed by atoms with Crippen molar-refractivity contribution in [1.29, 1.82) is 0 Å². The highest BCUT2D eigenvalue weighted by atomic mass is 32.2. The topological polar surface area (TPSA) is 116 Å². The van der Waals surface area contributed by atoms with Gasteiger partial charge in [-0.05, 0) is 18.6 Å². The van der Waals surface area contributed by atoms with Crippen LogP contribution in [0.2, 0.25) is 0 Å². The summed E-state index contributed by atoms with van der Waals surface area (Å²) in [6.07, 6.45) is 0.128. The number of nitrogens with one attached hydrogen (secondary N) is 1. The number of esters is 1. The molecular weight excluding hydrogens is 308 g/mol. The van der Waals surface area contributed by atoms with Crippen LogP contribution in [-0.2, 0) is 29.9 Å². The summed E-state index contributed by atoms with van der Waals surface area (Å²) < 4.78 is 16.6. The third kappa shape index (κ3) is 6.49. The Bertz CT molecular complexity index is 562. The van der Waals surface area contributed by atoms with Gasteiger partial charge in [-0.15, -0.1) is 0 Å². The lowest BCUT2D eigenvalue weighted by molar-refractivity contribution is -0.146. The highest BCUT2D eigenvalue weighted by molar-refractivity contribution is 7.85. The molecule has 0 saturated heterocycles. The van der Waals surface area contributed by atoms with Gasteiger partial charge in [-0.2, -0.15) is 0 Å². The fraction of sp³-hybridized carbons (Fsp3) is 0.357. The second-order valence-corrected chi connectivity index (χ2v) is 6.02. The van der Waals surface area contributed by atoms with Gasteiger partial charge in [0.1, 0.15) is 6.04 Å². The fourth-order valence-electron chi connectivity index (χ4n) is 1.60. The smallest absolute Gasteiger partial charge is 0.303 e. The lowest BCUT2D eigenvalue weighted by atomic mass is 10.2. The number of nitrogens with two attached hydrogens (primary N) is 1. The second-order valence-electron chi connectivity index (χ2n) is 4.45. The van der Waals surface area contributed by atoms with Crippen LogP contribution in [0.15, 0.2) is 35.2 Å². The highest BCUT2D eigenvalue weighted by Gasteiger charge is 2.19. The molecule has 7 nitrogen and oxygen atoms in total. The molecular formula is C14H18N2O5S. The Morgan fingerprint density at radius 1 is 1.27 bits per heavy atom. The summed E-state index contributed by atoms with van der Waals surface area (Å²) in [7, 11) is -1.29. The van der Waals surface area contributed by atoms with Gasteiger partial charge in [-0.25, -0.2) is 0 Å². The van der Waals surface area contributed by atoms with Crippen LogP contribution < -0.4 is 11.1 Å². The van der Waals surface area contributed by atoms with Crippen molar-refractivity contribution in [2.45, 2.75) is 24.3 Å². The number of primary amides is 1. The minimum absolute atomic E-state index is 0.128. The molecule has 0 radical (unpaired) electrons. The molecule has 0 aliphatic rings. The zero-order valence-corrected chi connectivity index (χ0v) is 12.9. The summed E-state index contributed by atoms with van der Waals surface area (Å²) in [6.45, 7) is 0.683. The molecule has 1 aromatic rings. The van der Waals surface area contributed by atoms with Crippen molar-refractivity contribution in [2.75, 3.05) is 12.4 Å². The van der Waals surface area contributed by atoms with Crippen LogP contribution in [0.5, 0.6) is 0 Å². The summed E-state index contributed by atoms with van der Waals surface area (Å²) >= 11 is 0. The Hall–Kier alpha value is -2.22. The maximum atomic E-state index is 12.0. The molecule has 1 rings (SSSR count). The molecule has 3 N–H and O–H groups in total. The molecule has 2 atom stereocenters. The van der Waals surface area contributed by atoms with Gasteiger partial charge in [-0.3, -0.25) is 18.6 Å². The number of rotatable bonds is 8. The van der Waals surface area contributed by atoms with E-state index in [2.05, 4.69) is 10.1 Å². The Balaban J connectivity index is 2.51. The van der Waals surface area contributed by atoms with Crippen molar-refractivity contribution in [1.82, 2.24) is 5.32 Å². The van der Waals surface area contributed by atoms with E-state index in [4.69, 9.17) is 5.73 Å². The Morgan fingerprint density at radius 3 is 2.45 bits per heavy atom. The number of benzene rings is 1. The number of carbonyl (C=O) groups excluding carboxylic acids is 3. The third-order valence-corrected chi connectivity index (χ3v) is 4.09. The summed E-state index contributed by atoms with van der Waals surface area (Å²) in [4.78, 5) is 34.1. The normalized spacial score (nSPS) is 13.0. The predicted octanol–water partition coefficient (Wildman–Crippen LogP) is -0.283. The van der Waals surface area contributed by atoms with Crippen LogP contribution in [0.3, 0.4) is 0 Å². The SMILES string of the molecule is CC(=O)OCC(=O)N[C@H](CC[S@@](=O)c1ccccc1)C(N)=O. The van der Waals surface area contributed by atoms with Crippen LogP contribution in [0.25, 0.3) is 0 Å². The lowest BCUT2D eigenvalue weighted by Crippen LogP contribution is -2.46. The van der Waals surface area contributed by atoms with Gasteiger partial charge in [0.2, 0.25) is 5.91 Å². The van der Waals surface area contributed by atoms with E-state index in [9.17, 15) is 18.6 Å². The maximum absolute atomic E-state index is 12.0. The molecule has 0 saturated carbocycles. The first-order valence-electron chi connectivity index (χ1n) is 6.55.